The Hall–Kier alpha value is -1.92. The average Bonchev–Trinajstić information content (AvgIpc) is 3.05. The van der Waals surface area contributed by atoms with Crippen LogP contribution in [0.25, 0.3) is 0 Å². The van der Waals surface area contributed by atoms with Crippen molar-refractivity contribution in [3.05, 3.63) is 29.8 Å². The highest BCUT2D eigenvalue weighted by molar-refractivity contribution is 5.89. The zero-order chi connectivity index (χ0) is 25.7. The molecular weight excluding hydrogens is 481 g/mol. The molecule has 4 heterocycles. The highest BCUT2D eigenvalue weighted by Crippen LogP contribution is 2.60. The molecule has 0 unspecified atom stereocenters. The fraction of sp³-hybridized carbons (Fsp3) is 0.720. The first kappa shape index (κ1) is 25.7. The van der Waals surface area contributed by atoms with Crippen molar-refractivity contribution in [3.63, 3.8) is 0 Å². The molecule has 6 rings (SSSR count). The lowest BCUT2D eigenvalue weighted by Gasteiger charge is -2.60. The van der Waals surface area contributed by atoms with Gasteiger partial charge >= 0.3 is 12.2 Å². The van der Waals surface area contributed by atoms with E-state index in [0.29, 0.717) is 5.92 Å². The van der Waals surface area contributed by atoms with Crippen molar-refractivity contribution in [1.29, 1.82) is 0 Å². The standard InChI is InChI=1S/C25H33F3N2O6/c1-14-4-9-19-15(2)20(33-21-24(19)18(14)10-11-23(3,34-21)35-36-24)32-13-12-29-22(31)30-17-7-5-16(6-8-17)25(26,27)28/h5-8,14-15,18-21H,4,9-13H2,1-3H3,(H2,29,30,31)/t14-,15-,18+,19+,20+,21-,23-,24-/m1/s1. The number of hydrogen-bond donors (Lipinski definition) is 2. The predicted octanol–water partition coefficient (Wildman–Crippen LogP) is 5.05. The summed E-state index contributed by atoms with van der Waals surface area (Å²) in [6.45, 7) is 6.59. The summed E-state index contributed by atoms with van der Waals surface area (Å²) in [5, 5.41) is 5.16. The van der Waals surface area contributed by atoms with E-state index in [1.54, 1.807) is 0 Å². The summed E-state index contributed by atoms with van der Waals surface area (Å²) in [6, 6.07) is 3.71. The Morgan fingerprint density at radius 2 is 1.86 bits per heavy atom. The number of amides is 2. The van der Waals surface area contributed by atoms with Crippen LogP contribution >= 0.6 is 0 Å². The summed E-state index contributed by atoms with van der Waals surface area (Å²) in [7, 11) is 0. The third-order valence-corrected chi connectivity index (χ3v) is 8.24. The summed E-state index contributed by atoms with van der Waals surface area (Å²) in [6.07, 6.45) is -1.84. The molecule has 0 radical (unpaired) electrons. The van der Waals surface area contributed by atoms with Crippen molar-refractivity contribution in [2.24, 2.45) is 23.7 Å². The van der Waals surface area contributed by atoms with Gasteiger partial charge in [-0.05, 0) is 62.3 Å². The lowest BCUT2D eigenvalue weighted by Crippen LogP contribution is -2.70. The van der Waals surface area contributed by atoms with E-state index in [2.05, 4.69) is 24.5 Å². The Morgan fingerprint density at radius 1 is 1.11 bits per heavy atom. The van der Waals surface area contributed by atoms with Crippen molar-refractivity contribution in [1.82, 2.24) is 5.32 Å². The summed E-state index contributed by atoms with van der Waals surface area (Å²) >= 11 is 0. The van der Waals surface area contributed by atoms with Gasteiger partial charge in [0.1, 0.15) is 0 Å². The number of urea groups is 1. The molecular formula is C25H33F3N2O6. The maximum atomic E-state index is 12.7. The van der Waals surface area contributed by atoms with Crippen molar-refractivity contribution >= 4 is 11.7 Å². The minimum Gasteiger partial charge on any atom is -0.350 e. The molecule has 200 valence electrons. The van der Waals surface area contributed by atoms with Gasteiger partial charge in [-0.2, -0.15) is 13.2 Å². The molecule has 36 heavy (non-hydrogen) atoms. The van der Waals surface area contributed by atoms with Gasteiger partial charge in [0, 0.05) is 30.5 Å². The van der Waals surface area contributed by atoms with Crippen LogP contribution in [0.15, 0.2) is 24.3 Å². The second kappa shape index (κ2) is 9.43. The van der Waals surface area contributed by atoms with Gasteiger partial charge < -0.3 is 24.8 Å². The molecule has 1 aliphatic carbocycles. The van der Waals surface area contributed by atoms with E-state index in [0.717, 1.165) is 37.8 Å². The average molecular weight is 515 g/mol. The number of benzene rings is 1. The molecule has 5 fully saturated rings. The van der Waals surface area contributed by atoms with E-state index in [9.17, 15) is 18.0 Å². The Labute approximate surface area is 208 Å². The second-order valence-electron chi connectivity index (χ2n) is 10.6. The first-order valence-electron chi connectivity index (χ1n) is 12.6. The minimum atomic E-state index is -4.43. The molecule has 1 aromatic carbocycles. The zero-order valence-corrected chi connectivity index (χ0v) is 20.6. The van der Waals surface area contributed by atoms with Crippen LogP contribution in [-0.4, -0.2) is 43.2 Å². The van der Waals surface area contributed by atoms with Crippen LogP contribution < -0.4 is 10.6 Å². The molecule has 8 nitrogen and oxygen atoms in total. The van der Waals surface area contributed by atoms with Crippen molar-refractivity contribution in [2.45, 2.75) is 76.6 Å². The molecule has 5 aliphatic rings. The van der Waals surface area contributed by atoms with Gasteiger partial charge in [-0.3, -0.25) is 0 Å². The van der Waals surface area contributed by atoms with E-state index >= 15 is 0 Å². The number of carbonyl (C=O) groups is 1. The quantitative estimate of drug-likeness (QED) is 0.422. The highest BCUT2D eigenvalue weighted by atomic mass is 19.4. The van der Waals surface area contributed by atoms with Gasteiger partial charge in [-0.25, -0.2) is 14.6 Å². The van der Waals surface area contributed by atoms with Crippen LogP contribution in [0.2, 0.25) is 0 Å². The molecule has 4 aliphatic heterocycles. The van der Waals surface area contributed by atoms with Gasteiger partial charge in [-0.1, -0.05) is 13.8 Å². The van der Waals surface area contributed by atoms with Crippen LogP contribution in [0.4, 0.5) is 23.7 Å². The van der Waals surface area contributed by atoms with Gasteiger partial charge in [0.2, 0.25) is 5.79 Å². The molecule has 0 aromatic heterocycles. The monoisotopic (exact) mass is 514 g/mol. The first-order chi connectivity index (χ1) is 17.0. The van der Waals surface area contributed by atoms with Crippen LogP contribution in [0.5, 0.6) is 0 Å². The molecule has 8 atom stereocenters. The van der Waals surface area contributed by atoms with Crippen LogP contribution in [-0.2, 0) is 30.2 Å². The number of alkyl halides is 3. The zero-order valence-electron chi connectivity index (χ0n) is 20.6. The van der Waals surface area contributed by atoms with Gasteiger partial charge in [0.15, 0.2) is 18.2 Å². The molecule has 2 N–H and O–H groups in total. The Kier molecular flexibility index (Phi) is 6.74. The SMILES string of the molecule is C[C@H]1[C@@H](OCCNC(=O)Nc2ccc(C(F)(F)F)cc2)O[C@@H]2O[C@@]3(C)CC[C@H]4[C@H](C)CC[C@@H]1[C@@]24OO3. The van der Waals surface area contributed by atoms with E-state index in [-0.39, 0.29) is 36.6 Å². The topological polar surface area (TPSA) is 87.3 Å². The Balaban J connectivity index is 1.15. The molecule has 4 saturated heterocycles. The highest BCUT2D eigenvalue weighted by Gasteiger charge is 2.69. The lowest BCUT2D eigenvalue weighted by atomic mass is 9.58. The maximum absolute atomic E-state index is 12.7. The fourth-order valence-electron chi connectivity index (χ4n) is 6.32. The lowest BCUT2D eigenvalue weighted by molar-refractivity contribution is -0.577. The van der Waals surface area contributed by atoms with E-state index < -0.39 is 41.7 Å². The number of anilines is 1. The van der Waals surface area contributed by atoms with Crippen molar-refractivity contribution < 1.29 is 42.0 Å². The molecule has 2 bridgehead atoms. The van der Waals surface area contributed by atoms with Crippen LogP contribution in [0.3, 0.4) is 0 Å². The van der Waals surface area contributed by atoms with Gasteiger partial charge in [0.25, 0.3) is 0 Å². The predicted molar refractivity (Wildman–Crippen MR) is 121 cm³/mol. The van der Waals surface area contributed by atoms with Gasteiger partial charge in [-0.15, -0.1) is 0 Å². The summed E-state index contributed by atoms with van der Waals surface area (Å²) in [4.78, 5) is 24.1. The Morgan fingerprint density at radius 3 is 2.58 bits per heavy atom. The van der Waals surface area contributed by atoms with Crippen molar-refractivity contribution in [2.75, 3.05) is 18.5 Å². The third-order valence-electron chi connectivity index (χ3n) is 8.24. The second-order valence-corrected chi connectivity index (χ2v) is 10.6. The minimum absolute atomic E-state index is 0.0203. The molecule has 11 heteroatoms. The number of halogens is 3. The summed E-state index contributed by atoms with van der Waals surface area (Å²) < 4.78 is 56.7. The van der Waals surface area contributed by atoms with E-state index in [1.807, 2.05) is 6.92 Å². The molecule has 1 saturated carbocycles. The van der Waals surface area contributed by atoms with Crippen molar-refractivity contribution in [3.8, 4) is 0 Å². The Bertz CT molecular complexity index is 962. The number of fused-ring (bicyclic) bond motifs is 2. The molecule has 1 aromatic rings. The number of carbonyl (C=O) groups excluding carboxylic acids is 1. The van der Waals surface area contributed by atoms with E-state index in [4.69, 9.17) is 24.0 Å². The molecule has 1 spiro atoms. The summed E-state index contributed by atoms with van der Waals surface area (Å²) in [5.41, 5.74) is -1.18. The number of rotatable bonds is 5. The molecule has 2 amide bonds. The van der Waals surface area contributed by atoms with E-state index in [1.165, 1.54) is 12.1 Å². The summed E-state index contributed by atoms with van der Waals surface area (Å²) in [5.74, 6) is 0.0372. The van der Waals surface area contributed by atoms with Crippen LogP contribution in [0.1, 0.15) is 52.0 Å². The number of nitrogens with one attached hydrogen (secondary N) is 2. The maximum Gasteiger partial charge on any atom is 0.416 e. The largest absolute Gasteiger partial charge is 0.416 e. The number of ether oxygens (including phenoxy) is 3. The third kappa shape index (κ3) is 4.60. The van der Waals surface area contributed by atoms with Gasteiger partial charge in [0.05, 0.1) is 12.2 Å². The first-order valence-corrected chi connectivity index (χ1v) is 12.6. The van der Waals surface area contributed by atoms with Crippen LogP contribution in [0, 0.1) is 23.7 Å². The number of hydrogen-bond acceptors (Lipinski definition) is 6. The fourth-order valence-corrected chi connectivity index (χ4v) is 6.32. The normalized spacial score (nSPS) is 39.7. The smallest absolute Gasteiger partial charge is 0.350 e.